The van der Waals surface area contributed by atoms with E-state index < -0.39 is 11.7 Å². The van der Waals surface area contributed by atoms with Crippen molar-refractivity contribution < 1.29 is 9.18 Å². The van der Waals surface area contributed by atoms with Gasteiger partial charge in [0, 0.05) is 11.3 Å². The predicted molar refractivity (Wildman–Crippen MR) is 88.0 cm³/mol. The van der Waals surface area contributed by atoms with Crippen molar-refractivity contribution in [1.29, 1.82) is 5.26 Å². The van der Waals surface area contributed by atoms with Crippen molar-refractivity contribution in [2.75, 3.05) is 5.32 Å². The number of rotatable bonds is 4. The molecular weight excluding hydrogens is 347 g/mol. The van der Waals surface area contributed by atoms with Gasteiger partial charge in [0.15, 0.2) is 0 Å². The second kappa shape index (κ2) is 7.07. The minimum Gasteiger partial charge on any atom is -0.324 e. The summed E-state index contributed by atoms with van der Waals surface area (Å²) in [6.45, 7) is -0.181. The molecule has 124 valence electrons. The number of aromatic nitrogens is 4. The molecular formula is C16H10ClFN6O. The first kappa shape index (κ1) is 16.5. The molecule has 1 aromatic heterocycles. The van der Waals surface area contributed by atoms with E-state index in [0.717, 1.165) is 4.80 Å². The highest BCUT2D eigenvalue weighted by Gasteiger charge is 2.11. The molecule has 2 aromatic carbocycles. The number of nitriles is 1. The molecule has 0 saturated carbocycles. The number of hydrogen-bond donors (Lipinski definition) is 1. The topological polar surface area (TPSA) is 96.5 Å². The van der Waals surface area contributed by atoms with Crippen molar-refractivity contribution in [3.63, 3.8) is 0 Å². The molecule has 0 spiro atoms. The molecule has 0 fully saturated rings. The zero-order valence-corrected chi connectivity index (χ0v) is 13.4. The van der Waals surface area contributed by atoms with Crippen LogP contribution in [0, 0.1) is 17.1 Å². The molecule has 7 nitrogen and oxygen atoms in total. The summed E-state index contributed by atoms with van der Waals surface area (Å²) in [7, 11) is 0. The molecule has 1 N–H and O–H groups in total. The van der Waals surface area contributed by atoms with E-state index in [2.05, 4.69) is 20.7 Å². The van der Waals surface area contributed by atoms with Gasteiger partial charge in [-0.15, -0.1) is 10.2 Å². The number of nitrogens with one attached hydrogen (secondary N) is 1. The molecule has 0 radical (unpaired) electrons. The van der Waals surface area contributed by atoms with Crippen LogP contribution in [0.15, 0.2) is 42.5 Å². The Hall–Kier alpha value is -3.31. The average Bonchev–Trinajstić information content (AvgIpc) is 3.03. The highest BCUT2D eigenvalue weighted by atomic mass is 35.5. The van der Waals surface area contributed by atoms with Crippen LogP contribution in [0.2, 0.25) is 5.02 Å². The van der Waals surface area contributed by atoms with Gasteiger partial charge in [-0.3, -0.25) is 4.79 Å². The van der Waals surface area contributed by atoms with Crippen molar-refractivity contribution >= 4 is 23.2 Å². The highest BCUT2D eigenvalue weighted by molar-refractivity contribution is 6.32. The zero-order valence-electron chi connectivity index (χ0n) is 12.6. The summed E-state index contributed by atoms with van der Waals surface area (Å²) in [5.41, 5.74) is 1.22. The van der Waals surface area contributed by atoms with Gasteiger partial charge in [0.05, 0.1) is 10.6 Å². The maximum absolute atomic E-state index is 13.2. The minimum absolute atomic E-state index is 0.181. The number of benzene rings is 2. The van der Waals surface area contributed by atoms with E-state index in [9.17, 15) is 9.18 Å². The first-order valence-electron chi connectivity index (χ1n) is 7.08. The fourth-order valence-corrected chi connectivity index (χ4v) is 2.29. The third-order valence-electron chi connectivity index (χ3n) is 3.19. The third kappa shape index (κ3) is 3.97. The van der Waals surface area contributed by atoms with E-state index >= 15 is 0 Å². The van der Waals surface area contributed by atoms with Crippen molar-refractivity contribution in [3.8, 4) is 17.5 Å². The molecule has 9 heteroatoms. The largest absolute Gasteiger partial charge is 0.324 e. The number of carbonyl (C=O) groups excluding carboxylic acids is 1. The van der Waals surface area contributed by atoms with Gasteiger partial charge < -0.3 is 5.32 Å². The SMILES string of the molecule is N#Cc1ccc(NC(=O)Cn2nnc(-c3cccc(F)c3)n2)cc1Cl. The minimum atomic E-state index is -0.413. The van der Waals surface area contributed by atoms with E-state index in [-0.39, 0.29) is 17.4 Å². The van der Waals surface area contributed by atoms with Crippen LogP contribution in [0.1, 0.15) is 5.56 Å². The van der Waals surface area contributed by atoms with E-state index in [1.807, 2.05) is 6.07 Å². The Labute approximate surface area is 146 Å². The van der Waals surface area contributed by atoms with Gasteiger partial charge in [-0.05, 0) is 35.5 Å². The fraction of sp³-hybridized carbons (Fsp3) is 0.0625. The summed E-state index contributed by atoms with van der Waals surface area (Å²) in [6.07, 6.45) is 0. The second-order valence-corrected chi connectivity index (χ2v) is 5.42. The number of tetrazole rings is 1. The van der Waals surface area contributed by atoms with Crippen LogP contribution >= 0.6 is 11.6 Å². The molecule has 0 atom stereocenters. The Morgan fingerprint density at radius 2 is 2.16 bits per heavy atom. The molecule has 1 amide bonds. The number of nitrogens with zero attached hydrogens (tertiary/aromatic N) is 5. The molecule has 1 heterocycles. The Morgan fingerprint density at radius 3 is 2.88 bits per heavy atom. The molecule has 0 unspecified atom stereocenters. The lowest BCUT2D eigenvalue weighted by atomic mass is 10.2. The predicted octanol–water partition coefficient (Wildman–Crippen LogP) is 2.64. The Balaban J connectivity index is 1.68. The molecule has 3 rings (SSSR count). The normalized spacial score (nSPS) is 10.3. The van der Waals surface area contributed by atoms with Crippen LogP contribution in [0.25, 0.3) is 11.4 Å². The van der Waals surface area contributed by atoms with E-state index in [0.29, 0.717) is 16.8 Å². The van der Waals surface area contributed by atoms with Gasteiger partial charge >= 0.3 is 0 Å². The maximum Gasteiger partial charge on any atom is 0.248 e. The Bertz CT molecular complexity index is 981. The smallest absolute Gasteiger partial charge is 0.248 e. The lowest BCUT2D eigenvalue weighted by molar-refractivity contribution is -0.117. The lowest BCUT2D eigenvalue weighted by Crippen LogP contribution is -2.20. The van der Waals surface area contributed by atoms with Crippen molar-refractivity contribution in [2.45, 2.75) is 6.54 Å². The van der Waals surface area contributed by atoms with Gasteiger partial charge in [0.25, 0.3) is 0 Å². The maximum atomic E-state index is 13.2. The van der Waals surface area contributed by atoms with E-state index in [1.54, 1.807) is 12.1 Å². The van der Waals surface area contributed by atoms with Gasteiger partial charge in [-0.1, -0.05) is 23.7 Å². The van der Waals surface area contributed by atoms with Crippen LogP contribution in [-0.4, -0.2) is 26.1 Å². The summed E-state index contributed by atoms with van der Waals surface area (Å²) < 4.78 is 13.2. The average molecular weight is 357 g/mol. The number of carbonyl (C=O) groups is 1. The third-order valence-corrected chi connectivity index (χ3v) is 3.51. The molecule has 0 aliphatic rings. The second-order valence-electron chi connectivity index (χ2n) is 5.01. The van der Waals surface area contributed by atoms with Crippen molar-refractivity contribution in [3.05, 3.63) is 58.9 Å². The van der Waals surface area contributed by atoms with Gasteiger partial charge in [0.2, 0.25) is 11.7 Å². The summed E-state index contributed by atoms with van der Waals surface area (Å²) >= 11 is 5.91. The number of halogens is 2. The molecule has 0 bridgehead atoms. The molecule has 0 aliphatic heterocycles. The number of amides is 1. The quantitative estimate of drug-likeness (QED) is 0.775. The molecule has 0 aliphatic carbocycles. The van der Waals surface area contributed by atoms with Crippen LogP contribution in [0.5, 0.6) is 0 Å². The van der Waals surface area contributed by atoms with Gasteiger partial charge in [-0.2, -0.15) is 10.1 Å². The number of hydrogen-bond acceptors (Lipinski definition) is 5. The van der Waals surface area contributed by atoms with E-state index in [4.69, 9.17) is 16.9 Å². The summed E-state index contributed by atoms with van der Waals surface area (Å²) in [4.78, 5) is 13.1. The molecule has 0 saturated heterocycles. The fourth-order valence-electron chi connectivity index (χ4n) is 2.07. The summed E-state index contributed by atoms with van der Waals surface area (Å²) in [5.74, 6) is -0.595. The van der Waals surface area contributed by atoms with Crippen LogP contribution in [-0.2, 0) is 11.3 Å². The first-order chi connectivity index (χ1) is 12.0. The Kier molecular flexibility index (Phi) is 4.68. The lowest BCUT2D eigenvalue weighted by Gasteiger charge is -2.05. The zero-order chi connectivity index (χ0) is 17.8. The van der Waals surface area contributed by atoms with Crippen LogP contribution < -0.4 is 5.32 Å². The summed E-state index contributed by atoms with van der Waals surface area (Å²) in [5, 5.41) is 23.3. The monoisotopic (exact) mass is 356 g/mol. The highest BCUT2D eigenvalue weighted by Crippen LogP contribution is 2.20. The van der Waals surface area contributed by atoms with Crippen LogP contribution in [0.3, 0.4) is 0 Å². The standard InChI is InChI=1S/C16H10ClFN6O/c17-14-7-13(5-4-11(14)8-19)20-15(25)9-24-22-16(21-23-24)10-2-1-3-12(18)6-10/h1-7H,9H2,(H,20,25). The molecule has 3 aromatic rings. The summed E-state index contributed by atoms with van der Waals surface area (Å²) in [6, 6.07) is 12.2. The van der Waals surface area contributed by atoms with E-state index in [1.165, 1.54) is 30.3 Å². The van der Waals surface area contributed by atoms with Crippen molar-refractivity contribution in [1.82, 2.24) is 20.2 Å². The number of anilines is 1. The van der Waals surface area contributed by atoms with Gasteiger partial charge in [0.1, 0.15) is 18.4 Å². The van der Waals surface area contributed by atoms with Gasteiger partial charge in [-0.25, -0.2) is 4.39 Å². The van der Waals surface area contributed by atoms with Crippen molar-refractivity contribution in [2.24, 2.45) is 0 Å². The first-order valence-corrected chi connectivity index (χ1v) is 7.46. The molecule has 25 heavy (non-hydrogen) atoms. The van der Waals surface area contributed by atoms with Crippen LogP contribution in [0.4, 0.5) is 10.1 Å². The Morgan fingerprint density at radius 1 is 1.32 bits per heavy atom.